The number of rotatable bonds is 10. The van der Waals surface area contributed by atoms with E-state index in [1.165, 1.54) is 4.68 Å². The first-order valence-electron chi connectivity index (χ1n) is 11.6. The lowest BCUT2D eigenvalue weighted by Gasteiger charge is -2.11. The van der Waals surface area contributed by atoms with Crippen LogP contribution in [0, 0.1) is 6.92 Å². The summed E-state index contributed by atoms with van der Waals surface area (Å²) >= 11 is 0. The molecule has 3 N–H and O–H groups in total. The lowest BCUT2D eigenvalue weighted by Crippen LogP contribution is -2.17. The summed E-state index contributed by atoms with van der Waals surface area (Å²) < 4.78 is 3.40. The van der Waals surface area contributed by atoms with E-state index in [1.54, 1.807) is 32.3 Å². The number of anilines is 1. The fraction of sp³-hybridized carbons (Fsp3) is 0.360. The minimum Gasteiger partial charge on any atom is -0.396 e. The molecule has 34 heavy (non-hydrogen) atoms. The van der Waals surface area contributed by atoms with Gasteiger partial charge in [-0.2, -0.15) is 0 Å². The third-order valence-electron chi connectivity index (χ3n) is 5.85. The Morgan fingerprint density at radius 1 is 1.09 bits per heavy atom. The zero-order chi connectivity index (χ0) is 24.1. The maximum atomic E-state index is 13.2. The first kappa shape index (κ1) is 23.4. The van der Waals surface area contributed by atoms with Crippen molar-refractivity contribution in [1.82, 2.24) is 24.3 Å². The number of hydrogen-bond donors (Lipinski definition) is 3. The molecule has 0 aliphatic heterocycles. The zero-order valence-corrected chi connectivity index (χ0v) is 19.5. The van der Waals surface area contributed by atoms with Gasteiger partial charge in [-0.25, -0.2) is 4.98 Å². The zero-order valence-electron chi connectivity index (χ0n) is 19.5. The first-order chi connectivity index (χ1) is 16.5. The second-order valence-electron chi connectivity index (χ2n) is 8.45. The van der Waals surface area contributed by atoms with Gasteiger partial charge in [0.1, 0.15) is 0 Å². The molecular weight excluding hydrogens is 432 g/mol. The molecule has 0 radical (unpaired) electrons. The van der Waals surface area contributed by atoms with Gasteiger partial charge in [0, 0.05) is 37.7 Å². The molecule has 3 aromatic heterocycles. The lowest BCUT2D eigenvalue weighted by atomic mass is 10.1. The topological polar surface area (TPSA) is 118 Å². The maximum Gasteiger partial charge on any atom is 0.275 e. The monoisotopic (exact) mass is 462 g/mol. The third kappa shape index (κ3) is 5.09. The van der Waals surface area contributed by atoms with Crippen molar-refractivity contribution in [3.8, 4) is 11.3 Å². The summed E-state index contributed by atoms with van der Waals surface area (Å²) in [6.07, 6.45) is 6.48. The van der Waals surface area contributed by atoms with Crippen LogP contribution in [0.1, 0.15) is 48.2 Å². The van der Waals surface area contributed by atoms with Gasteiger partial charge in [-0.3, -0.25) is 24.6 Å². The van der Waals surface area contributed by atoms with Crippen LogP contribution in [0.25, 0.3) is 22.3 Å². The van der Waals surface area contributed by atoms with Crippen molar-refractivity contribution in [2.75, 3.05) is 11.9 Å². The van der Waals surface area contributed by atoms with E-state index in [2.05, 4.69) is 20.4 Å². The number of unbranched alkanes of at least 4 members (excludes halogenated alkanes) is 4. The van der Waals surface area contributed by atoms with Gasteiger partial charge < -0.3 is 14.8 Å². The molecule has 0 saturated carbocycles. The van der Waals surface area contributed by atoms with E-state index in [0.29, 0.717) is 28.5 Å². The molecule has 0 spiro atoms. The molecule has 3 heterocycles. The number of aromatic nitrogens is 5. The Hall–Kier alpha value is -3.72. The fourth-order valence-electron chi connectivity index (χ4n) is 4.07. The van der Waals surface area contributed by atoms with E-state index >= 15 is 0 Å². The molecule has 0 saturated heterocycles. The quantitative estimate of drug-likeness (QED) is 0.311. The number of para-hydroxylation sites is 2. The molecular formula is C25H30N6O3. The minimum absolute atomic E-state index is 0.203. The van der Waals surface area contributed by atoms with E-state index in [1.807, 2.05) is 28.8 Å². The number of benzene rings is 1. The molecule has 9 heteroatoms. The number of carbonyl (C=O) groups excluding carboxylic acids is 1. The van der Waals surface area contributed by atoms with Gasteiger partial charge >= 0.3 is 0 Å². The molecule has 0 atom stereocenters. The van der Waals surface area contributed by atoms with Gasteiger partial charge in [0.2, 0.25) is 5.95 Å². The number of nitrogens with one attached hydrogen (secondary N) is 2. The van der Waals surface area contributed by atoms with Crippen molar-refractivity contribution in [3.05, 3.63) is 64.2 Å². The van der Waals surface area contributed by atoms with Gasteiger partial charge in [-0.15, -0.1) is 0 Å². The summed E-state index contributed by atoms with van der Waals surface area (Å²) in [7, 11) is 1.63. The summed E-state index contributed by atoms with van der Waals surface area (Å²) in [4.78, 5) is 34.6. The number of imidazole rings is 1. The number of aliphatic hydroxyl groups is 1. The second-order valence-corrected chi connectivity index (χ2v) is 8.45. The highest BCUT2D eigenvalue weighted by molar-refractivity contribution is 6.04. The summed E-state index contributed by atoms with van der Waals surface area (Å²) in [5, 5.41) is 14.7. The van der Waals surface area contributed by atoms with Crippen molar-refractivity contribution >= 4 is 22.9 Å². The number of aryl methyl sites for hydroxylation is 3. The van der Waals surface area contributed by atoms with Gasteiger partial charge in [-0.1, -0.05) is 31.4 Å². The highest BCUT2D eigenvalue weighted by Gasteiger charge is 2.17. The van der Waals surface area contributed by atoms with Crippen LogP contribution in [0.5, 0.6) is 0 Å². The summed E-state index contributed by atoms with van der Waals surface area (Å²) in [6, 6.07) is 11.1. The highest BCUT2D eigenvalue weighted by atomic mass is 16.3. The van der Waals surface area contributed by atoms with Crippen LogP contribution in [0.2, 0.25) is 0 Å². The predicted octanol–water partition coefficient (Wildman–Crippen LogP) is 3.63. The SMILES string of the molecule is Cc1cc(C(=O)Nc2nc3ccccc3n2CCCCCCCO)cc(-c2c[nH]n(C)c2=O)n1. The molecule has 178 valence electrons. The van der Waals surface area contributed by atoms with Gasteiger partial charge in [0.15, 0.2) is 0 Å². The van der Waals surface area contributed by atoms with Gasteiger partial charge in [0.25, 0.3) is 11.5 Å². The fourth-order valence-corrected chi connectivity index (χ4v) is 4.07. The molecule has 0 fully saturated rings. The Balaban J connectivity index is 1.57. The molecule has 0 unspecified atom stereocenters. The van der Waals surface area contributed by atoms with Gasteiger partial charge in [-0.05, 0) is 44.0 Å². The Morgan fingerprint density at radius 2 is 1.85 bits per heavy atom. The average molecular weight is 463 g/mol. The molecule has 0 aliphatic carbocycles. The van der Waals surface area contributed by atoms with Crippen molar-refractivity contribution < 1.29 is 9.90 Å². The summed E-state index contributed by atoms with van der Waals surface area (Å²) in [6.45, 7) is 2.76. The molecule has 0 bridgehead atoms. The number of hydrogen-bond acceptors (Lipinski definition) is 5. The Kier molecular flexibility index (Phi) is 7.22. The van der Waals surface area contributed by atoms with Crippen LogP contribution >= 0.6 is 0 Å². The largest absolute Gasteiger partial charge is 0.396 e. The predicted molar refractivity (Wildman–Crippen MR) is 132 cm³/mol. The number of amides is 1. The number of H-pyrrole nitrogens is 1. The van der Waals surface area contributed by atoms with Crippen molar-refractivity contribution in [1.29, 1.82) is 0 Å². The molecule has 0 aliphatic rings. The van der Waals surface area contributed by atoms with E-state index in [0.717, 1.165) is 49.7 Å². The van der Waals surface area contributed by atoms with Crippen molar-refractivity contribution in [3.63, 3.8) is 0 Å². The Labute approximate surface area is 197 Å². The molecule has 4 rings (SSSR count). The second kappa shape index (κ2) is 10.5. The highest BCUT2D eigenvalue weighted by Crippen LogP contribution is 2.22. The van der Waals surface area contributed by atoms with Crippen LogP contribution in [0.4, 0.5) is 5.95 Å². The molecule has 1 amide bonds. The van der Waals surface area contributed by atoms with Crippen LogP contribution in [0.3, 0.4) is 0 Å². The maximum absolute atomic E-state index is 13.2. The smallest absolute Gasteiger partial charge is 0.275 e. The van der Waals surface area contributed by atoms with Crippen LogP contribution in [-0.2, 0) is 13.6 Å². The average Bonchev–Trinajstić information content (AvgIpc) is 3.34. The number of aliphatic hydroxyl groups excluding tert-OH is 1. The van der Waals surface area contributed by atoms with Crippen molar-refractivity contribution in [2.45, 2.75) is 45.6 Å². The van der Waals surface area contributed by atoms with Crippen molar-refractivity contribution in [2.24, 2.45) is 7.05 Å². The Bertz CT molecular complexity index is 1350. The normalized spacial score (nSPS) is 11.3. The van der Waals surface area contributed by atoms with E-state index < -0.39 is 0 Å². The number of carbonyl (C=O) groups is 1. The number of nitrogens with zero attached hydrogens (tertiary/aromatic N) is 4. The third-order valence-corrected chi connectivity index (χ3v) is 5.85. The number of aromatic amines is 1. The lowest BCUT2D eigenvalue weighted by molar-refractivity contribution is 0.102. The van der Waals surface area contributed by atoms with E-state index in [-0.39, 0.29) is 18.1 Å². The standard InChI is InChI=1S/C25H30N6O3/c1-17-14-18(15-21(27-17)19-16-26-30(2)24(19)34)23(33)29-25-28-20-10-6-7-11-22(20)31(25)12-8-4-3-5-9-13-32/h6-7,10-11,14-16,26,32H,3-5,8-9,12-13H2,1-2H3,(H,28,29,33). The first-order valence-corrected chi connectivity index (χ1v) is 11.6. The summed E-state index contributed by atoms with van der Waals surface area (Å²) in [5.41, 5.74) is 3.49. The number of pyridine rings is 1. The van der Waals surface area contributed by atoms with Crippen LogP contribution < -0.4 is 10.9 Å². The molecule has 9 nitrogen and oxygen atoms in total. The summed E-state index contributed by atoms with van der Waals surface area (Å²) in [5.74, 6) is 0.189. The molecule has 1 aromatic carbocycles. The van der Waals surface area contributed by atoms with E-state index in [9.17, 15) is 9.59 Å². The number of fused-ring (bicyclic) bond motifs is 1. The van der Waals surface area contributed by atoms with E-state index in [4.69, 9.17) is 5.11 Å². The van der Waals surface area contributed by atoms with Gasteiger partial charge in [0.05, 0.1) is 22.3 Å². The minimum atomic E-state index is -0.307. The molecule has 4 aromatic rings. The van der Waals surface area contributed by atoms with Crippen LogP contribution in [-0.4, -0.2) is 41.9 Å². The Morgan fingerprint density at radius 3 is 2.62 bits per heavy atom. The van der Waals surface area contributed by atoms with Crippen LogP contribution in [0.15, 0.2) is 47.4 Å².